The van der Waals surface area contributed by atoms with E-state index >= 15 is 0 Å². The van der Waals surface area contributed by atoms with Crippen LogP contribution in [-0.4, -0.2) is 37.9 Å². The van der Waals surface area contributed by atoms with Crippen LogP contribution in [0, 0.1) is 0 Å². The van der Waals surface area contributed by atoms with Crippen molar-refractivity contribution in [3.63, 3.8) is 0 Å². The Morgan fingerprint density at radius 1 is 0.367 bits per heavy atom. The number of hydrogen-bond donors (Lipinski definition) is 0. The minimum atomic E-state index is -0.529. The number of allylic oxidation sites excluding steroid dienone is 4. The quantitative estimate of drug-likeness (QED) is 0.0347. The van der Waals surface area contributed by atoms with Crippen molar-refractivity contribution in [1.82, 2.24) is 0 Å². The Balaban J connectivity index is 4.17. The predicted octanol–water partition coefficient (Wildman–Crippen LogP) is 18.0. The average Bonchev–Trinajstić information content (AvgIpc) is 3.25. The summed E-state index contributed by atoms with van der Waals surface area (Å²) in [6, 6.07) is 0. The first-order valence-corrected chi connectivity index (χ1v) is 26.9. The number of ether oxygens (including phenoxy) is 3. The van der Waals surface area contributed by atoms with E-state index in [9.17, 15) is 9.59 Å². The molecule has 0 aromatic carbocycles. The molecule has 0 saturated heterocycles. The van der Waals surface area contributed by atoms with E-state index in [0.717, 1.165) is 38.5 Å². The van der Waals surface area contributed by atoms with Gasteiger partial charge in [0, 0.05) is 19.4 Å². The van der Waals surface area contributed by atoms with Crippen LogP contribution < -0.4 is 0 Å². The maximum Gasteiger partial charge on any atom is 0.306 e. The van der Waals surface area contributed by atoms with Gasteiger partial charge in [-0.3, -0.25) is 9.59 Å². The highest BCUT2D eigenvalue weighted by atomic mass is 16.6. The van der Waals surface area contributed by atoms with Crippen molar-refractivity contribution < 1.29 is 23.8 Å². The van der Waals surface area contributed by atoms with Crippen molar-refractivity contribution in [3.05, 3.63) is 24.3 Å². The maximum atomic E-state index is 12.8. The molecule has 1 unspecified atom stereocenters. The third kappa shape index (κ3) is 49.0. The summed E-state index contributed by atoms with van der Waals surface area (Å²) < 4.78 is 17.4. The molecule has 0 rings (SSSR count). The fourth-order valence-electron chi connectivity index (χ4n) is 7.95. The molecule has 0 fully saturated rings. The average molecular weight is 845 g/mol. The molecule has 0 amide bonds. The molecule has 354 valence electrons. The predicted molar refractivity (Wildman–Crippen MR) is 261 cm³/mol. The highest BCUT2D eigenvalue weighted by Gasteiger charge is 2.17. The topological polar surface area (TPSA) is 61.8 Å². The van der Waals surface area contributed by atoms with Crippen molar-refractivity contribution in [2.24, 2.45) is 0 Å². The normalized spacial score (nSPS) is 12.2. The van der Waals surface area contributed by atoms with Crippen LogP contribution in [0.15, 0.2) is 24.3 Å². The van der Waals surface area contributed by atoms with E-state index in [0.29, 0.717) is 26.1 Å². The maximum absolute atomic E-state index is 12.8. The first-order chi connectivity index (χ1) is 29.6. The number of carbonyl (C=O) groups is 2. The third-order valence-electron chi connectivity index (χ3n) is 12.0. The zero-order valence-corrected chi connectivity index (χ0v) is 40.7. The zero-order valence-electron chi connectivity index (χ0n) is 40.7. The van der Waals surface area contributed by atoms with Crippen LogP contribution in [0.4, 0.5) is 0 Å². The molecule has 60 heavy (non-hydrogen) atoms. The summed E-state index contributed by atoms with van der Waals surface area (Å²) in [6.07, 6.45) is 60.4. The summed E-state index contributed by atoms with van der Waals surface area (Å²) in [5.74, 6) is -0.384. The van der Waals surface area contributed by atoms with Crippen molar-refractivity contribution in [3.8, 4) is 0 Å². The largest absolute Gasteiger partial charge is 0.462 e. The molecule has 0 aromatic rings. The summed E-state index contributed by atoms with van der Waals surface area (Å²) in [5.41, 5.74) is 0. The molecule has 0 N–H and O–H groups in total. The van der Waals surface area contributed by atoms with Crippen LogP contribution in [0.5, 0.6) is 0 Å². The first kappa shape index (κ1) is 58.4. The molecule has 0 spiro atoms. The van der Waals surface area contributed by atoms with Gasteiger partial charge in [0.2, 0.25) is 0 Å². The van der Waals surface area contributed by atoms with Crippen LogP contribution in [0.1, 0.15) is 290 Å². The minimum absolute atomic E-state index is 0.0908. The SMILES string of the molecule is CCCCC/C=C\C/C=C\CCCCCCCCCCCC(=O)OCC(COCCCCCCCCCCCCCCCC)OC(=O)CCCCCCCCCCCCC. The van der Waals surface area contributed by atoms with Crippen LogP contribution >= 0.6 is 0 Å². The fraction of sp³-hybridized carbons (Fsp3) is 0.891. The van der Waals surface area contributed by atoms with E-state index in [1.54, 1.807) is 0 Å². The Morgan fingerprint density at radius 3 is 1.13 bits per heavy atom. The van der Waals surface area contributed by atoms with E-state index in [4.69, 9.17) is 14.2 Å². The summed E-state index contributed by atoms with van der Waals surface area (Å²) in [7, 11) is 0. The zero-order chi connectivity index (χ0) is 43.5. The fourth-order valence-corrected chi connectivity index (χ4v) is 7.95. The lowest BCUT2D eigenvalue weighted by Gasteiger charge is -2.18. The minimum Gasteiger partial charge on any atom is -0.462 e. The van der Waals surface area contributed by atoms with Crippen molar-refractivity contribution in [2.75, 3.05) is 19.8 Å². The number of rotatable bonds is 50. The second kappa shape index (κ2) is 51.7. The highest BCUT2D eigenvalue weighted by molar-refractivity contribution is 5.70. The van der Waals surface area contributed by atoms with E-state index in [-0.39, 0.29) is 18.5 Å². The smallest absolute Gasteiger partial charge is 0.306 e. The first-order valence-electron chi connectivity index (χ1n) is 26.9. The molecule has 0 aliphatic rings. The van der Waals surface area contributed by atoms with Gasteiger partial charge in [-0.05, 0) is 51.4 Å². The van der Waals surface area contributed by atoms with Crippen molar-refractivity contribution in [1.29, 1.82) is 0 Å². The summed E-state index contributed by atoms with van der Waals surface area (Å²) in [5, 5.41) is 0. The number of carbonyl (C=O) groups excluding carboxylic acids is 2. The van der Waals surface area contributed by atoms with Gasteiger partial charge in [-0.15, -0.1) is 0 Å². The van der Waals surface area contributed by atoms with E-state index < -0.39 is 6.10 Å². The third-order valence-corrected chi connectivity index (χ3v) is 12.0. The van der Waals surface area contributed by atoms with Gasteiger partial charge in [-0.1, -0.05) is 251 Å². The monoisotopic (exact) mass is 845 g/mol. The van der Waals surface area contributed by atoms with Crippen molar-refractivity contribution in [2.45, 2.75) is 297 Å². The molecule has 0 bridgehead atoms. The van der Waals surface area contributed by atoms with Gasteiger partial charge in [0.1, 0.15) is 6.61 Å². The molecule has 0 heterocycles. The van der Waals surface area contributed by atoms with Crippen molar-refractivity contribution >= 4 is 11.9 Å². The standard InChI is InChI=1S/C55H104O5/c1-4-7-10-13-16-19-22-24-26-27-28-29-30-31-34-36-39-42-45-48-54(56)59-52-53(60-55(57)49-46-43-40-37-33-21-18-15-12-9-6-3)51-58-50-47-44-41-38-35-32-25-23-20-17-14-11-8-5-2/h16,19,24,26,53H,4-15,17-18,20-23,25,27-52H2,1-3H3/b19-16-,26-24-. The van der Waals surface area contributed by atoms with Gasteiger partial charge >= 0.3 is 11.9 Å². The molecule has 0 saturated carbocycles. The van der Waals surface area contributed by atoms with Crippen LogP contribution in [0.25, 0.3) is 0 Å². The number of hydrogen-bond acceptors (Lipinski definition) is 5. The molecular formula is C55H104O5. The van der Waals surface area contributed by atoms with E-state index in [2.05, 4.69) is 45.1 Å². The highest BCUT2D eigenvalue weighted by Crippen LogP contribution is 2.16. The lowest BCUT2D eigenvalue weighted by Crippen LogP contribution is -2.30. The van der Waals surface area contributed by atoms with Crippen LogP contribution in [0.3, 0.4) is 0 Å². The van der Waals surface area contributed by atoms with E-state index in [1.807, 2.05) is 0 Å². The van der Waals surface area contributed by atoms with E-state index in [1.165, 1.54) is 218 Å². The Hall–Kier alpha value is -1.62. The number of esters is 2. The lowest BCUT2D eigenvalue weighted by molar-refractivity contribution is -0.163. The van der Waals surface area contributed by atoms with Gasteiger partial charge in [0.25, 0.3) is 0 Å². The summed E-state index contributed by atoms with van der Waals surface area (Å²) in [4.78, 5) is 25.4. The summed E-state index contributed by atoms with van der Waals surface area (Å²) >= 11 is 0. The molecule has 0 aliphatic heterocycles. The summed E-state index contributed by atoms with van der Waals surface area (Å²) in [6.45, 7) is 7.85. The number of unbranched alkanes of at least 4 members (excludes halogenated alkanes) is 35. The van der Waals surface area contributed by atoms with Gasteiger partial charge in [-0.25, -0.2) is 0 Å². The molecular weight excluding hydrogens is 741 g/mol. The van der Waals surface area contributed by atoms with Gasteiger partial charge in [-0.2, -0.15) is 0 Å². The van der Waals surface area contributed by atoms with Crippen LogP contribution in [0.2, 0.25) is 0 Å². The Labute approximate surface area is 375 Å². The van der Waals surface area contributed by atoms with Gasteiger partial charge in [0.15, 0.2) is 6.10 Å². The molecule has 1 atom stereocenters. The Morgan fingerprint density at radius 2 is 0.700 bits per heavy atom. The molecule has 0 radical (unpaired) electrons. The lowest BCUT2D eigenvalue weighted by atomic mass is 10.0. The van der Waals surface area contributed by atoms with Crippen LogP contribution in [-0.2, 0) is 23.8 Å². The molecule has 0 aromatic heterocycles. The van der Waals surface area contributed by atoms with Gasteiger partial charge < -0.3 is 14.2 Å². The Kier molecular flexibility index (Phi) is 50.3. The van der Waals surface area contributed by atoms with Gasteiger partial charge in [0.05, 0.1) is 6.61 Å². The molecule has 5 heteroatoms. The second-order valence-electron chi connectivity index (χ2n) is 18.1. The second-order valence-corrected chi connectivity index (χ2v) is 18.1. The molecule has 0 aliphatic carbocycles. The Bertz CT molecular complexity index is 913. The molecule has 5 nitrogen and oxygen atoms in total.